The van der Waals surface area contributed by atoms with Crippen LogP contribution in [0.2, 0.25) is 0 Å². The second-order valence-corrected chi connectivity index (χ2v) is 3.42. The number of nitrogens with two attached hydrogens (primary N) is 1. The van der Waals surface area contributed by atoms with E-state index in [0.29, 0.717) is 5.82 Å². The van der Waals surface area contributed by atoms with Gasteiger partial charge in [-0.2, -0.15) is 5.10 Å². The molecule has 0 fully saturated rings. The lowest BCUT2D eigenvalue weighted by Gasteiger charge is -2.23. The molecule has 0 saturated heterocycles. The molecule has 1 aliphatic rings. The maximum Gasteiger partial charge on any atom is 0.148 e. The van der Waals surface area contributed by atoms with Gasteiger partial charge in [0.1, 0.15) is 5.82 Å². The van der Waals surface area contributed by atoms with Gasteiger partial charge in [0.15, 0.2) is 0 Å². The monoisotopic (exact) mass is 196 g/mol. The number of hydrogen-bond acceptors (Lipinski definition) is 3. The van der Waals surface area contributed by atoms with Gasteiger partial charge in [-0.25, -0.2) is 0 Å². The third-order valence-electron chi connectivity index (χ3n) is 2.47. The highest BCUT2D eigenvalue weighted by molar-refractivity contribution is 5.41. The van der Waals surface area contributed by atoms with Gasteiger partial charge in [-0.15, -0.1) is 0 Å². The van der Waals surface area contributed by atoms with Crippen LogP contribution in [0.15, 0.2) is 0 Å². The summed E-state index contributed by atoms with van der Waals surface area (Å²) in [5.74, 6) is 0.681. The molecular weight excluding hydrogens is 176 g/mol. The molecule has 80 valence electrons. The van der Waals surface area contributed by atoms with Gasteiger partial charge in [-0.3, -0.25) is 9.58 Å². The fraction of sp³-hybridized carbons (Fsp3) is 0.700. The van der Waals surface area contributed by atoms with Gasteiger partial charge in [-0.1, -0.05) is 13.8 Å². The number of aromatic nitrogens is 2. The fourth-order valence-corrected chi connectivity index (χ4v) is 1.59. The van der Waals surface area contributed by atoms with E-state index in [1.165, 1.54) is 5.69 Å². The fourth-order valence-electron chi connectivity index (χ4n) is 1.59. The van der Waals surface area contributed by atoms with E-state index in [4.69, 9.17) is 5.73 Å². The summed E-state index contributed by atoms with van der Waals surface area (Å²) in [7, 11) is 2.12. The van der Waals surface area contributed by atoms with Crippen LogP contribution in [-0.2, 0) is 13.1 Å². The van der Waals surface area contributed by atoms with Gasteiger partial charge >= 0.3 is 0 Å². The summed E-state index contributed by atoms with van der Waals surface area (Å²) < 4.78 is 2.02. The number of rotatable bonds is 0. The molecule has 0 atom stereocenters. The SMILES string of the molecule is CC.Cc1c(N)nn2c1CN(C)CC2. The van der Waals surface area contributed by atoms with E-state index in [2.05, 4.69) is 17.0 Å². The van der Waals surface area contributed by atoms with Crippen molar-refractivity contribution >= 4 is 5.82 Å². The molecule has 0 radical (unpaired) electrons. The van der Waals surface area contributed by atoms with Crippen LogP contribution in [0.4, 0.5) is 5.82 Å². The number of likely N-dealkylation sites (N-methyl/N-ethyl adjacent to an activating group) is 1. The average Bonchev–Trinajstić information content (AvgIpc) is 2.48. The van der Waals surface area contributed by atoms with Crippen LogP contribution in [0.1, 0.15) is 25.1 Å². The number of nitrogen functional groups attached to an aromatic ring is 1. The first-order valence-electron chi connectivity index (χ1n) is 5.19. The van der Waals surface area contributed by atoms with Crippen LogP contribution < -0.4 is 5.73 Å². The molecule has 4 nitrogen and oxygen atoms in total. The van der Waals surface area contributed by atoms with Crippen LogP contribution in [0.3, 0.4) is 0 Å². The second-order valence-electron chi connectivity index (χ2n) is 3.42. The highest BCUT2D eigenvalue weighted by Gasteiger charge is 2.17. The average molecular weight is 196 g/mol. The minimum atomic E-state index is 0.681. The topological polar surface area (TPSA) is 47.1 Å². The minimum absolute atomic E-state index is 0.681. The van der Waals surface area contributed by atoms with Gasteiger partial charge in [0.05, 0.1) is 12.2 Å². The predicted molar refractivity (Wildman–Crippen MR) is 59.1 cm³/mol. The van der Waals surface area contributed by atoms with Crippen LogP contribution in [0, 0.1) is 6.92 Å². The molecule has 0 unspecified atom stereocenters. The zero-order chi connectivity index (χ0) is 10.7. The Bertz CT molecular complexity index is 303. The third-order valence-corrected chi connectivity index (χ3v) is 2.47. The second kappa shape index (κ2) is 4.46. The number of fused-ring (bicyclic) bond motifs is 1. The van der Waals surface area contributed by atoms with Crippen LogP contribution in [-0.4, -0.2) is 28.3 Å². The van der Waals surface area contributed by atoms with Crippen molar-refractivity contribution in [2.75, 3.05) is 19.3 Å². The first-order chi connectivity index (χ1) is 6.68. The van der Waals surface area contributed by atoms with Crippen molar-refractivity contribution in [1.29, 1.82) is 0 Å². The molecular formula is C10H20N4. The van der Waals surface area contributed by atoms with Crippen molar-refractivity contribution < 1.29 is 0 Å². The molecule has 14 heavy (non-hydrogen) atoms. The molecule has 0 saturated carbocycles. The summed E-state index contributed by atoms with van der Waals surface area (Å²) in [6.07, 6.45) is 0. The zero-order valence-electron chi connectivity index (χ0n) is 9.54. The van der Waals surface area contributed by atoms with E-state index < -0.39 is 0 Å². The summed E-state index contributed by atoms with van der Waals surface area (Å²) in [6, 6.07) is 0. The maximum atomic E-state index is 5.72. The molecule has 0 aliphatic carbocycles. The Labute approximate surface area is 85.7 Å². The lowest BCUT2D eigenvalue weighted by molar-refractivity contribution is 0.258. The molecule has 0 amide bonds. The maximum absolute atomic E-state index is 5.72. The van der Waals surface area contributed by atoms with Crippen molar-refractivity contribution in [2.24, 2.45) is 0 Å². The van der Waals surface area contributed by atoms with Gasteiger partial charge < -0.3 is 5.73 Å². The summed E-state index contributed by atoms with van der Waals surface area (Å²) in [5, 5.41) is 4.25. The molecule has 2 heterocycles. The van der Waals surface area contributed by atoms with Gasteiger partial charge in [0, 0.05) is 18.7 Å². The standard InChI is InChI=1S/C8H14N4.C2H6/c1-6-7-5-11(2)3-4-12(7)10-8(6)9;1-2/h3-5H2,1-2H3,(H2,9,10);1-2H3. The smallest absolute Gasteiger partial charge is 0.148 e. The molecule has 0 spiro atoms. The van der Waals surface area contributed by atoms with E-state index in [-0.39, 0.29) is 0 Å². The van der Waals surface area contributed by atoms with E-state index in [1.807, 2.05) is 25.5 Å². The van der Waals surface area contributed by atoms with Crippen LogP contribution in [0.5, 0.6) is 0 Å². The van der Waals surface area contributed by atoms with E-state index >= 15 is 0 Å². The lowest BCUT2D eigenvalue weighted by atomic mass is 10.2. The Balaban J connectivity index is 0.000000461. The van der Waals surface area contributed by atoms with Crippen molar-refractivity contribution in [1.82, 2.24) is 14.7 Å². The number of hydrogen-bond donors (Lipinski definition) is 1. The molecule has 0 bridgehead atoms. The molecule has 2 rings (SSSR count). The molecule has 0 aromatic carbocycles. The minimum Gasteiger partial charge on any atom is -0.382 e. The van der Waals surface area contributed by atoms with Gasteiger partial charge in [-0.05, 0) is 14.0 Å². The first-order valence-corrected chi connectivity index (χ1v) is 5.19. The summed E-state index contributed by atoms with van der Waals surface area (Å²) in [4.78, 5) is 2.28. The summed E-state index contributed by atoms with van der Waals surface area (Å²) in [5.41, 5.74) is 8.12. The van der Waals surface area contributed by atoms with Crippen molar-refractivity contribution in [3.63, 3.8) is 0 Å². The number of nitrogens with zero attached hydrogens (tertiary/aromatic N) is 3. The van der Waals surface area contributed by atoms with E-state index in [9.17, 15) is 0 Å². The first kappa shape index (κ1) is 11.0. The molecule has 4 heteroatoms. The third kappa shape index (κ3) is 1.90. The van der Waals surface area contributed by atoms with Gasteiger partial charge in [0.2, 0.25) is 0 Å². The van der Waals surface area contributed by atoms with E-state index in [0.717, 1.165) is 25.2 Å². The quantitative estimate of drug-likeness (QED) is 0.679. The normalized spacial score (nSPS) is 15.7. The van der Waals surface area contributed by atoms with Crippen molar-refractivity contribution in [3.05, 3.63) is 11.3 Å². The Morgan fingerprint density at radius 3 is 2.57 bits per heavy atom. The highest BCUT2D eigenvalue weighted by atomic mass is 15.3. The molecule has 1 aliphatic heterocycles. The zero-order valence-corrected chi connectivity index (χ0v) is 9.54. The van der Waals surface area contributed by atoms with E-state index in [1.54, 1.807) is 0 Å². The van der Waals surface area contributed by atoms with Crippen LogP contribution in [0.25, 0.3) is 0 Å². The lowest BCUT2D eigenvalue weighted by Crippen LogP contribution is -2.30. The summed E-state index contributed by atoms with van der Waals surface area (Å²) in [6.45, 7) is 9.03. The molecule has 2 N–H and O–H groups in total. The Kier molecular flexibility index (Phi) is 3.52. The predicted octanol–water partition coefficient (Wildman–Crippen LogP) is 1.25. The number of anilines is 1. The van der Waals surface area contributed by atoms with Gasteiger partial charge in [0.25, 0.3) is 0 Å². The van der Waals surface area contributed by atoms with Crippen molar-refractivity contribution in [2.45, 2.75) is 33.9 Å². The Morgan fingerprint density at radius 2 is 1.93 bits per heavy atom. The molecule has 1 aromatic heterocycles. The highest BCUT2D eigenvalue weighted by Crippen LogP contribution is 2.19. The largest absolute Gasteiger partial charge is 0.382 e. The van der Waals surface area contributed by atoms with Crippen LogP contribution >= 0.6 is 0 Å². The van der Waals surface area contributed by atoms with Crippen molar-refractivity contribution in [3.8, 4) is 0 Å². The Morgan fingerprint density at radius 1 is 1.29 bits per heavy atom. The summed E-state index contributed by atoms with van der Waals surface area (Å²) >= 11 is 0. The Hall–Kier alpha value is -1.03. The molecule has 1 aromatic rings.